The number of halogens is 2. The van der Waals surface area contributed by atoms with Crippen LogP contribution in [-0.4, -0.2) is 10.9 Å². The van der Waals surface area contributed by atoms with E-state index in [-0.39, 0.29) is 11.6 Å². The first-order chi connectivity index (χ1) is 10.1. The number of para-hydroxylation sites is 1. The molecule has 2 aromatic carbocycles. The molecule has 0 saturated carbocycles. The molecule has 1 aromatic heterocycles. The number of aryl methyl sites for hydroxylation is 1. The molecule has 0 unspecified atom stereocenters. The largest absolute Gasteiger partial charge is 0.350 e. The van der Waals surface area contributed by atoms with Crippen molar-refractivity contribution in [3.63, 3.8) is 0 Å². The Kier molecular flexibility index (Phi) is 3.39. The smallest absolute Gasteiger partial charge is 0.272 e. The summed E-state index contributed by atoms with van der Waals surface area (Å²) in [5, 5.41) is 4.07. The van der Waals surface area contributed by atoms with Gasteiger partial charge in [0.15, 0.2) is 0 Å². The van der Waals surface area contributed by atoms with Gasteiger partial charge in [-0.15, -0.1) is 0 Å². The molecule has 0 aliphatic carbocycles. The number of aromatic amines is 1. The molecule has 0 fully saturated rings. The second kappa shape index (κ2) is 5.22. The lowest BCUT2D eigenvalue weighted by Crippen LogP contribution is -2.14. The summed E-state index contributed by atoms with van der Waals surface area (Å²) in [5.74, 6) is -0.854. The third-order valence-electron chi connectivity index (χ3n) is 3.37. The van der Waals surface area contributed by atoms with E-state index in [1.807, 2.05) is 13.0 Å². The van der Waals surface area contributed by atoms with Crippen LogP contribution in [-0.2, 0) is 0 Å². The molecule has 0 bridgehead atoms. The topological polar surface area (TPSA) is 44.9 Å². The average molecular weight is 303 g/mol. The van der Waals surface area contributed by atoms with Crippen molar-refractivity contribution in [2.75, 3.05) is 5.32 Å². The second-order valence-corrected chi connectivity index (χ2v) is 5.19. The van der Waals surface area contributed by atoms with Gasteiger partial charge >= 0.3 is 0 Å². The Hall–Kier alpha value is -2.33. The number of anilines is 1. The van der Waals surface area contributed by atoms with E-state index in [0.717, 1.165) is 16.5 Å². The van der Waals surface area contributed by atoms with Gasteiger partial charge in [0, 0.05) is 15.9 Å². The number of hydrogen-bond donors (Lipinski definition) is 2. The van der Waals surface area contributed by atoms with Crippen molar-refractivity contribution in [3.8, 4) is 0 Å². The van der Waals surface area contributed by atoms with Gasteiger partial charge in [0.05, 0.1) is 5.69 Å². The van der Waals surface area contributed by atoms with Crippen LogP contribution in [0.4, 0.5) is 10.1 Å². The van der Waals surface area contributed by atoms with Crippen molar-refractivity contribution in [3.05, 3.63) is 64.6 Å². The number of benzene rings is 2. The van der Waals surface area contributed by atoms with Gasteiger partial charge in [-0.05, 0) is 36.8 Å². The van der Waals surface area contributed by atoms with E-state index in [4.69, 9.17) is 11.6 Å². The molecule has 3 rings (SSSR count). The highest BCUT2D eigenvalue weighted by atomic mass is 35.5. The van der Waals surface area contributed by atoms with Crippen LogP contribution in [0.25, 0.3) is 10.9 Å². The first kappa shape index (κ1) is 13.6. The minimum absolute atomic E-state index is 0.151. The van der Waals surface area contributed by atoms with Gasteiger partial charge in [0.25, 0.3) is 5.91 Å². The summed E-state index contributed by atoms with van der Waals surface area (Å²) in [4.78, 5) is 15.3. The van der Waals surface area contributed by atoms with Crippen molar-refractivity contribution >= 4 is 34.1 Å². The molecule has 106 valence electrons. The maximum atomic E-state index is 13.6. The molecule has 0 aliphatic rings. The summed E-state index contributed by atoms with van der Waals surface area (Å²) < 4.78 is 13.6. The second-order valence-electron chi connectivity index (χ2n) is 4.75. The molecule has 2 N–H and O–H groups in total. The fourth-order valence-electron chi connectivity index (χ4n) is 2.28. The van der Waals surface area contributed by atoms with Gasteiger partial charge < -0.3 is 10.3 Å². The SMILES string of the molecule is Cc1c(C(=O)Nc2ccccc2F)[nH]c2cc(Cl)ccc12. The molecule has 5 heteroatoms. The van der Waals surface area contributed by atoms with Gasteiger partial charge in [-0.25, -0.2) is 4.39 Å². The Morgan fingerprint density at radius 2 is 2.00 bits per heavy atom. The molecule has 3 nitrogen and oxygen atoms in total. The summed E-state index contributed by atoms with van der Waals surface area (Å²) >= 11 is 5.94. The van der Waals surface area contributed by atoms with E-state index in [2.05, 4.69) is 10.3 Å². The molecular formula is C16H12ClFN2O. The summed E-state index contributed by atoms with van der Waals surface area (Å²) in [6, 6.07) is 11.4. The molecule has 0 atom stereocenters. The van der Waals surface area contributed by atoms with Gasteiger partial charge in [-0.1, -0.05) is 29.8 Å². The normalized spacial score (nSPS) is 10.8. The number of amides is 1. The zero-order valence-corrected chi connectivity index (χ0v) is 12.0. The molecule has 21 heavy (non-hydrogen) atoms. The zero-order chi connectivity index (χ0) is 15.0. The third kappa shape index (κ3) is 2.50. The van der Waals surface area contributed by atoms with Crippen molar-refractivity contribution in [1.29, 1.82) is 0 Å². The van der Waals surface area contributed by atoms with Crippen LogP contribution in [0.2, 0.25) is 5.02 Å². The van der Waals surface area contributed by atoms with Crippen molar-refractivity contribution in [2.24, 2.45) is 0 Å². The fraction of sp³-hybridized carbons (Fsp3) is 0.0625. The molecule has 1 heterocycles. The number of fused-ring (bicyclic) bond motifs is 1. The van der Waals surface area contributed by atoms with E-state index in [9.17, 15) is 9.18 Å². The number of aromatic nitrogens is 1. The van der Waals surface area contributed by atoms with Crippen LogP contribution in [0.5, 0.6) is 0 Å². The van der Waals surface area contributed by atoms with E-state index >= 15 is 0 Å². The highest BCUT2D eigenvalue weighted by molar-refractivity contribution is 6.31. The molecule has 3 aromatic rings. The van der Waals surface area contributed by atoms with Crippen LogP contribution < -0.4 is 5.32 Å². The Morgan fingerprint density at radius 3 is 2.76 bits per heavy atom. The number of hydrogen-bond acceptors (Lipinski definition) is 1. The lowest BCUT2D eigenvalue weighted by atomic mass is 10.1. The number of nitrogens with one attached hydrogen (secondary N) is 2. The highest BCUT2D eigenvalue weighted by Gasteiger charge is 2.16. The zero-order valence-electron chi connectivity index (χ0n) is 11.2. The van der Waals surface area contributed by atoms with E-state index in [1.54, 1.807) is 24.3 Å². The Labute approximate surface area is 125 Å². The Morgan fingerprint density at radius 1 is 1.24 bits per heavy atom. The maximum Gasteiger partial charge on any atom is 0.272 e. The average Bonchev–Trinajstić information content (AvgIpc) is 2.78. The number of carbonyl (C=O) groups is 1. The predicted molar refractivity (Wildman–Crippen MR) is 82.4 cm³/mol. The molecule has 1 amide bonds. The van der Waals surface area contributed by atoms with E-state index < -0.39 is 5.82 Å². The highest BCUT2D eigenvalue weighted by Crippen LogP contribution is 2.25. The van der Waals surface area contributed by atoms with E-state index in [1.165, 1.54) is 12.1 Å². The van der Waals surface area contributed by atoms with Crippen LogP contribution >= 0.6 is 11.6 Å². The lowest BCUT2D eigenvalue weighted by molar-refractivity contribution is 0.102. The van der Waals surface area contributed by atoms with Gasteiger partial charge in [-0.2, -0.15) is 0 Å². The summed E-state index contributed by atoms with van der Waals surface area (Å²) in [6.45, 7) is 1.84. The predicted octanol–water partition coefficient (Wildman–Crippen LogP) is 4.52. The third-order valence-corrected chi connectivity index (χ3v) is 3.60. The monoisotopic (exact) mass is 302 g/mol. The lowest BCUT2D eigenvalue weighted by Gasteiger charge is -2.05. The molecule has 0 radical (unpaired) electrons. The van der Waals surface area contributed by atoms with Gasteiger partial charge in [-0.3, -0.25) is 4.79 Å². The van der Waals surface area contributed by atoms with Gasteiger partial charge in [0.2, 0.25) is 0 Å². The minimum atomic E-state index is -0.470. The van der Waals surface area contributed by atoms with Crippen LogP contribution in [0.15, 0.2) is 42.5 Å². The number of rotatable bonds is 2. The summed E-state index contributed by atoms with van der Waals surface area (Å²) in [5.41, 5.74) is 2.13. The Balaban J connectivity index is 1.98. The van der Waals surface area contributed by atoms with E-state index in [0.29, 0.717) is 10.7 Å². The summed E-state index contributed by atoms with van der Waals surface area (Å²) in [6.07, 6.45) is 0. The maximum absolute atomic E-state index is 13.6. The van der Waals surface area contributed by atoms with Crippen molar-refractivity contribution < 1.29 is 9.18 Å². The molecule has 0 saturated heterocycles. The molecule has 0 aliphatic heterocycles. The van der Waals surface area contributed by atoms with Crippen molar-refractivity contribution in [1.82, 2.24) is 4.98 Å². The number of carbonyl (C=O) groups excluding carboxylic acids is 1. The molecule has 0 spiro atoms. The fourth-order valence-corrected chi connectivity index (χ4v) is 2.46. The van der Waals surface area contributed by atoms with Crippen molar-refractivity contribution in [2.45, 2.75) is 6.92 Å². The first-order valence-corrected chi connectivity index (χ1v) is 6.78. The quantitative estimate of drug-likeness (QED) is 0.718. The molecular weight excluding hydrogens is 291 g/mol. The summed E-state index contributed by atoms with van der Waals surface area (Å²) in [7, 11) is 0. The van der Waals surface area contributed by atoms with Crippen LogP contribution in [0.1, 0.15) is 16.1 Å². The van der Waals surface area contributed by atoms with Gasteiger partial charge in [0.1, 0.15) is 11.5 Å². The van der Waals surface area contributed by atoms with Crippen LogP contribution in [0.3, 0.4) is 0 Å². The minimum Gasteiger partial charge on any atom is -0.350 e. The standard InChI is InChI=1S/C16H12ClFN2O/c1-9-11-7-6-10(17)8-14(11)19-15(9)16(21)20-13-5-3-2-4-12(13)18/h2-8,19H,1H3,(H,20,21). The van der Waals surface area contributed by atoms with Crippen LogP contribution in [0, 0.1) is 12.7 Å². The number of H-pyrrole nitrogens is 1. The Bertz CT molecular complexity index is 841. The first-order valence-electron chi connectivity index (χ1n) is 6.40.